The van der Waals surface area contributed by atoms with Gasteiger partial charge in [-0.25, -0.2) is 0 Å². The third-order valence-electron chi connectivity index (χ3n) is 1.49. The van der Waals surface area contributed by atoms with E-state index >= 15 is 0 Å². The Balaban J connectivity index is 3.17. The molecule has 0 saturated heterocycles. The highest BCUT2D eigenvalue weighted by Crippen LogP contribution is 2.04. The minimum Gasteiger partial charge on any atom is -0.382 e. The van der Waals surface area contributed by atoms with Crippen LogP contribution in [0.15, 0.2) is 11.6 Å². The molecule has 0 N–H and O–H groups in total. The lowest BCUT2D eigenvalue weighted by atomic mass is 10.2. The summed E-state index contributed by atoms with van der Waals surface area (Å²) in [5.74, 6) is 0. The van der Waals surface area contributed by atoms with Crippen molar-refractivity contribution in [3.63, 3.8) is 0 Å². The van der Waals surface area contributed by atoms with Crippen LogP contribution in [0.4, 0.5) is 0 Å². The molecule has 0 saturated carbocycles. The number of halogens is 1. The van der Waals surface area contributed by atoms with Crippen molar-refractivity contribution < 1.29 is 4.74 Å². The number of hydrogen-bond acceptors (Lipinski definition) is 1. The molecule has 0 fully saturated rings. The van der Waals surface area contributed by atoms with E-state index in [1.807, 2.05) is 6.92 Å². The Morgan fingerprint density at radius 3 is 2.82 bits per heavy atom. The molecular formula is C9H17BrO. The van der Waals surface area contributed by atoms with E-state index in [1.54, 1.807) is 0 Å². The van der Waals surface area contributed by atoms with Crippen LogP contribution in [0, 0.1) is 0 Å². The van der Waals surface area contributed by atoms with Gasteiger partial charge >= 0.3 is 0 Å². The standard InChI is InChI=1S/C9H17BrO/c1-3-11-8-4-5-9(2)6-7-10/h6H,3-5,7-8H2,1-2H3. The Bertz CT molecular complexity index is 110. The average Bonchev–Trinajstić information content (AvgIpc) is 1.99. The first-order chi connectivity index (χ1) is 5.31. The first-order valence-electron chi connectivity index (χ1n) is 4.10. The average molecular weight is 221 g/mol. The molecule has 0 radical (unpaired) electrons. The van der Waals surface area contributed by atoms with Crippen LogP contribution < -0.4 is 0 Å². The van der Waals surface area contributed by atoms with Gasteiger partial charge in [0.05, 0.1) is 0 Å². The molecule has 1 nitrogen and oxygen atoms in total. The van der Waals surface area contributed by atoms with Gasteiger partial charge < -0.3 is 4.74 Å². The summed E-state index contributed by atoms with van der Waals surface area (Å²) in [6, 6.07) is 0. The largest absolute Gasteiger partial charge is 0.382 e. The maximum absolute atomic E-state index is 5.22. The second-order valence-corrected chi connectivity index (χ2v) is 3.15. The van der Waals surface area contributed by atoms with Gasteiger partial charge in [0.25, 0.3) is 0 Å². The molecule has 0 amide bonds. The van der Waals surface area contributed by atoms with Crippen LogP contribution >= 0.6 is 15.9 Å². The third kappa shape index (κ3) is 8.08. The lowest BCUT2D eigenvalue weighted by Crippen LogP contribution is -1.93. The Morgan fingerprint density at radius 1 is 1.55 bits per heavy atom. The molecule has 0 rings (SSSR count). The second kappa shape index (κ2) is 8.28. The van der Waals surface area contributed by atoms with Crippen LogP contribution in [0.1, 0.15) is 26.7 Å². The molecule has 0 atom stereocenters. The number of rotatable bonds is 6. The minimum atomic E-state index is 0.835. The zero-order valence-corrected chi connectivity index (χ0v) is 8.99. The SMILES string of the molecule is CCOCCCC(C)=CCBr. The van der Waals surface area contributed by atoms with Crippen molar-refractivity contribution in [2.24, 2.45) is 0 Å². The Labute approximate surface area is 78.0 Å². The normalized spacial score (nSPS) is 12.1. The molecule has 0 aliphatic rings. The molecule has 0 spiro atoms. The molecule has 0 unspecified atom stereocenters. The molecule has 66 valence electrons. The topological polar surface area (TPSA) is 9.23 Å². The molecule has 0 heterocycles. The molecule has 0 aliphatic carbocycles. The summed E-state index contributed by atoms with van der Waals surface area (Å²) in [6.07, 6.45) is 4.50. The smallest absolute Gasteiger partial charge is 0.0468 e. The molecule has 0 bridgehead atoms. The highest BCUT2D eigenvalue weighted by atomic mass is 79.9. The van der Waals surface area contributed by atoms with Gasteiger partial charge in [0.2, 0.25) is 0 Å². The van der Waals surface area contributed by atoms with Gasteiger partial charge in [-0.05, 0) is 26.7 Å². The van der Waals surface area contributed by atoms with E-state index in [0.717, 1.165) is 31.4 Å². The van der Waals surface area contributed by atoms with Gasteiger partial charge in [0.15, 0.2) is 0 Å². The zero-order valence-electron chi connectivity index (χ0n) is 7.40. The number of alkyl halides is 1. The molecule has 11 heavy (non-hydrogen) atoms. The minimum absolute atomic E-state index is 0.835. The lowest BCUT2D eigenvalue weighted by Gasteiger charge is -2.00. The predicted octanol–water partition coefficient (Wildman–Crippen LogP) is 3.14. The molecular weight excluding hydrogens is 204 g/mol. The van der Waals surface area contributed by atoms with E-state index in [9.17, 15) is 0 Å². The van der Waals surface area contributed by atoms with E-state index in [-0.39, 0.29) is 0 Å². The number of ether oxygens (including phenoxy) is 1. The highest BCUT2D eigenvalue weighted by molar-refractivity contribution is 9.09. The summed E-state index contributed by atoms with van der Waals surface area (Å²) < 4.78 is 5.22. The highest BCUT2D eigenvalue weighted by Gasteiger charge is 1.89. The second-order valence-electron chi connectivity index (χ2n) is 2.51. The monoisotopic (exact) mass is 220 g/mol. The van der Waals surface area contributed by atoms with Crippen LogP contribution in [0.3, 0.4) is 0 Å². The van der Waals surface area contributed by atoms with Crippen molar-refractivity contribution in [2.75, 3.05) is 18.5 Å². The zero-order chi connectivity index (χ0) is 8.53. The fourth-order valence-corrected chi connectivity index (χ4v) is 1.38. The summed E-state index contributed by atoms with van der Waals surface area (Å²) in [4.78, 5) is 0. The van der Waals surface area contributed by atoms with Crippen LogP contribution in [0.2, 0.25) is 0 Å². The number of allylic oxidation sites excluding steroid dienone is 2. The van der Waals surface area contributed by atoms with Gasteiger partial charge in [0.1, 0.15) is 0 Å². The predicted molar refractivity (Wildman–Crippen MR) is 53.3 cm³/mol. The summed E-state index contributed by atoms with van der Waals surface area (Å²) >= 11 is 3.36. The maximum atomic E-state index is 5.22. The van der Waals surface area contributed by atoms with E-state index in [4.69, 9.17) is 4.74 Å². The first-order valence-corrected chi connectivity index (χ1v) is 5.22. The van der Waals surface area contributed by atoms with Gasteiger partial charge in [0, 0.05) is 18.5 Å². The summed E-state index contributed by atoms with van der Waals surface area (Å²) in [7, 11) is 0. The van der Waals surface area contributed by atoms with Crippen molar-refractivity contribution in [3.8, 4) is 0 Å². The van der Waals surface area contributed by atoms with Crippen LogP contribution in [0.25, 0.3) is 0 Å². The maximum Gasteiger partial charge on any atom is 0.0468 e. The molecule has 0 aromatic heterocycles. The van der Waals surface area contributed by atoms with E-state index in [0.29, 0.717) is 0 Å². The lowest BCUT2D eigenvalue weighted by molar-refractivity contribution is 0.145. The van der Waals surface area contributed by atoms with Crippen molar-refractivity contribution >= 4 is 15.9 Å². The molecule has 2 heteroatoms. The first kappa shape index (κ1) is 11.2. The Kier molecular flexibility index (Phi) is 8.41. The fraction of sp³-hybridized carbons (Fsp3) is 0.778. The summed E-state index contributed by atoms with van der Waals surface area (Å²) in [6.45, 7) is 5.92. The molecule has 0 aromatic rings. The van der Waals surface area contributed by atoms with Crippen LogP contribution in [-0.4, -0.2) is 18.5 Å². The Morgan fingerprint density at radius 2 is 2.27 bits per heavy atom. The van der Waals surface area contributed by atoms with E-state index < -0.39 is 0 Å². The van der Waals surface area contributed by atoms with Crippen LogP contribution in [0.5, 0.6) is 0 Å². The molecule has 0 aliphatic heterocycles. The van der Waals surface area contributed by atoms with E-state index in [1.165, 1.54) is 5.57 Å². The van der Waals surface area contributed by atoms with Crippen molar-refractivity contribution in [1.82, 2.24) is 0 Å². The van der Waals surface area contributed by atoms with Gasteiger partial charge in [-0.15, -0.1) is 0 Å². The van der Waals surface area contributed by atoms with Gasteiger partial charge in [-0.3, -0.25) is 0 Å². The van der Waals surface area contributed by atoms with Crippen LogP contribution in [-0.2, 0) is 4.74 Å². The Hall–Kier alpha value is 0.180. The summed E-state index contributed by atoms with van der Waals surface area (Å²) in [5.41, 5.74) is 1.45. The summed E-state index contributed by atoms with van der Waals surface area (Å²) in [5, 5.41) is 0.966. The molecule has 0 aromatic carbocycles. The fourth-order valence-electron chi connectivity index (χ4n) is 0.831. The van der Waals surface area contributed by atoms with Crippen molar-refractivity contribution in [2.45, 2.75) is 26.7 Å². The number of hydrogen-bond donors (Lipinski definition) is 0. The quantitative estimate of drug-likeness (QED) is 0.380. The van der Waals surface area contributed by atoms with E-state index in [2.05, 4.69) is 28.9 Å². The van der Waals surface area contributed by atoms with Crippen molar-refractivity contribution in [1.29, 1.82) is 0 Å². The van der Waals surface area contributed by atoms with Crippen molar-refractivity contribution in [3.05, 3.63) is 11.6 Å². The van der Waals surface area contributed by atoms with Gasteiger partial charge in [-0.1, -0.05) is 27.6 Å². The van der Waals surface area contributed by atoms with Gasteiger partial charge in [-0.2, -0.15) is 0 Å². The third-order valence-corrected chi connectivity index (χ3v) is 1.81.